The molecule has 1 fully saturated rings. The first-order chi connectivity index (χ1) is 9.43. The second-order valence-electron chi connectivity index (χ2n) is 6.03. The summed E-state index contributed by atoms with van der Waals surface area (Å²) in [6.45, 7) is 2.30. The fourth-order valence-corrected chi connectivity index (χ4v) is 3.61. The van der Waals surface area contributed by atoms with E-state index in [1.165, 1.54) is 31.9 Å². The Morgan fingerprint density at radius 2 is 1.90 bits per heavy atom. The van der Waals surface area contributed by atoms with E-state index < -0.39 is 9.84 Å². The van der Waals surface area contributed by atoms with E-state index in [4.69, 9.17) is 0 Å². The fourth-order valence-electron chi connectivity index (χ4n) is 2.97. The normalized spacial score (nSPS) is 24.1. The Morgan fingerprint density at radius 3 is 2.55 bits per heavy atom. The van der Waals surface area contributed by atoms with E-state index in [9.17, 15) is 8.42 Å². The molecule has 1 heterocycles. The minimum Gasteiger partial charge on any atom is -0.342 e. The lowest BCUT2D eigenvalue weighted by molar-refractivity contribution is 0.341. The molecule has 0 aliphatic heterocycles. The predicted octanol–water partition coefficient (Wildman–Crippen LogP) is 3.26. The second kappa shape index (κ2) is 4.88. The lowest BCUT2D eigenvalue weighted by Crippen LogP contribution is -2.11. The maximum Gasteiger partial charge on any atom is 0.175 e. The highest BCUT2D eigenvalue weighted by Gasteiger charge is 2.22. The van der Waals surface area contributed by atoms with E-state index in [1.807, 2.05) is 0 Å². The Morgan fingerprint density at radius 1 is 1.20 bits per heavy atom. The number of H-pyrrole nitrogens is 1. The minimum absolute atomic E-state index is 0.345. The van der Waals surface area contributed by atoms with Gasteiger partial charge in [-0.05, 0) is 37.0 Å². The SMILES string of the molecule is CC1CCC(c2nc3ccc(S(C)(=O)=O)cc3[nH]2)CC1. The molecule has 0 spiro atoms. The van der Waals surface area contributed by atoms with Crippen molar-refractivity contribution in [3.8, 4) is 0 Å². The minimum atomic E-state index is -3.16. The van der Waals surface area contributed by atoms with Gasteiger partial charge < -0.3 is 4.98 Å². The first-order valence-corrected chi connectivity index (χ1v) is 9.02. The fraction of sp³-hybridized carbons (Fsp3) is 0.533. The van der Waals surface area contributed by atoms with Gasteiger partial charge in [-0.3, -0.25) is 0 Å². The number of nitrogens with one attached hydrogen (secondary N) is 1. The van der Waals surface area contributed by atoms with E-state index in [-0.39, 0.29) is 0 Å². The summed E-state index contributed by atoms with van der Waals surface area (Å²) >= 11 is 0. The first-order valence-electron chi connectivity index (χ1n) is 7.13. The number of hydrogen-bond acceptors (Lipinski definition) is 3. The topological polar surface area (TPSA) is 62.8 Å². The van der Waals surface area contributed by atoms with Gasteiger partial charge in [0.15, 0.2) is 9.84 Å². The number of nitrogens with zero attached hydrogens (tertiary/aromatic N) is 1. The molecule has 108 valence electrons. The average Bonchev–Trinajstić information content (AvgIpc) is 2.81. The van der Waals surface area contributed by atoms with Gasteiger partial charge in [0.1, 0.15) is 5.82 Å². The third-order valence-corrected chi connectivity index (χ3v) is 5.41. The van der Waals surface area contributed by atoms with Gasteiger partial charge in [0.2, 0.25) is 0 Å². The van der Waals surface area contributed by atoms with Crippen molar-refractivity contribution in [3.63, 3.8) is 0 Å². The van der Waals surface area contributed by atoms with Gasteiger partial charge in [-0.15, -0.1) is 0 Å². The first kappa shape index (κ1) is 13.6. The van der Waals surface area contributed by atoms with Crippen LogP contribution in [-0.2, 0) is 9.84 Å². The molecule has 2 aromatic rings. The van der Waals surface area contributed by atoms with E-state index in [0.717, 1.165) is 22.8 Å². The Bertz CT molecular complexity index is 725. The zero-order valence-electron chi connectivity index (χ0n) is 11.9. The number of aromatic nitrogens is 2. The molecule has 0 amide bonds. The van der Waals surface area contributed by atoms with Crippen LogP contribution in [0.3, 0.4) is 0 Å². The van der Waals surface area contributed by atoms with Gasteiger partial charge >= 0.3 is 0 Å². The molecule has 1 aromatic heterocycles. The maximum absolute atomic E-state index is 11.6. The summed E-state index contributed by atoms with van der Waals surface area (Å²) in [6.07, 6.45) is 6.06. The summed E-state index contributed by atoms with van der Waals surface area (Å²) < 4.78 is 23.2. The summed E-state index contributed by atoms with van der Waals surface area (Å²) in [5, 5.41) is 0. The Kier molecular flexibility index (Phi) is 3.32. The van der Waals surface area contributed by atoms with Crippen molar-refractivity contribution in [2.24, 2.45) is 5.92 Å². The van der Waals surface area contributed by atoms with Crippen LogP contribution in [0.1, 0.15) is 44.3 Å². The zero-order chi connectivity index (χ0) is 14.3. The molecule has 5 heteroatoms. The van der Waals surface area contributed by atoms with Gasteiger partial charge in [0, 0.05) is 12.2 Å². The van der Waals surface area contributed by atoms with Gasteiger partial charge in [0.05, 0.1) is 15.9 Å². The molecule has 0 unspecified atom stereocenters. The van der Waals surface area contributed by atoms with Gasteiger partial charge in [0.25, 0.3) is 0 Å². The molecular weight excluding hydrogens is 272 g/mol. The number of hydrogen-bond donors (Lipinski definition) is 1. The molecule has 20 heavy (non-hydrogen) atoms. The summed E-state index contributed by atoms with van der Waals surface area (Å²) in [4.78, 5) is 8.30. The highest BCUT2D eigenvalue weighted by molar-refractivity contribution is 7.90. The van der Waals surface area contributed by atoms with Crippen molar-refractivity contribution >= 4 is 20.9 Å². The number of sulfone groups is 1. The highest BCUT2D eigenvalue weighted by Crippen LogP contribution is 2.35. The van der Waals surface area contributed by atoms with Crippen molar-refractivity contribution in [1.82, 2.24) is 9.97 Å². The van der Waals surface area contributed by atoms with Crippen molar-refractivity contribution in [3.05, 3.63) is 24.0 Å². The molecule has 1 aliphatic carbocycles. The molecular formula is C15H20N2O2S. The Labute approximate surface area is 119 Å². The van der Waals surface area contributed by atoms with Crippen LogP contribution in [0.5, 0.6) is 0 Å². The summed E-state index contributed by atoms with van der Waals surface area (Å²) in [5.74, 6) is 2.31. The van der Waals surface area contributed by atoms with E-state index in [1.54, 1.807) is 18.2 Å². The van der Waals surface area contributed by atoms with Crippen LogP contribution >= 0.6 is 0 Å². The summed E-state index contributed by atoms with van der Waals surface area (Å²) in [6, 6.07) is 5.11. The zero-order valence-corrected chi connectivity index (χ0v) is 12.7. The molecule has 3 rings (SSSR count). The van der Waals surface area contributed by atoms with Gasteiger partial charge in [-0.25, -0.2) is 13.4 Å². The average molecular weight is 292 g/mol. The largest absolute Gasteiger partial charge is 0.342 e. The van der Waals surface area contributed by atoms with Crippen LogP contribution < -0.4 is 0 Å². The number of rotatable bonds is 2. The van der Waals surface area contributed by atoms with Crippen LogP contribution in [-0.4, -0.2) is 24.6 Å². The van der Waals surface area contributed by atoms with Gasteiger partial charge in [-0.1, -0.05) is 19.8 Å². The third kappa shape index (κ3) is 2.59. The molecule has 0 saturated heterocycles. The van der Waals surface area contributed by atoms with E-state index in [0.29, 0.717) is 10.8 Å². The molecule has 0 bridgehead atoms. The van der Waals surface area contributed by atoms with Crippen molar-refractivity contribution in [2.45, 2.75) is 43.4 Å². The van der Waals surface area contributed by atoms with Crippen LogP contribution in [0.25, 0.3) is 11.0 Å². The van der Waals surface area contributed by atoms with Crippen LogP contribution in [0.2, 0.25) is 0 Å². The van der Waals surface area contributed by atoms with Crippen molar-refractivity contribution in [2.75, 3.05) is 6.26 Å². The number of imidazole rings is 1. The maximum atomic E-state index is 11.6. The molecule has 1 aliphatic rings. The van der Waals surface area contributed by atoms with Crippen molar-refractivity contribution < 1.29 is 8.42 Å². The lowest BCUT2D eigenvalue weighted by Gasteiger charge is -2.24. The van der Waals surface area contributed by atoms with E-state index >= 15 is 0 Å². The number of benzene rings is 1. The van der Waals surface area contributed by atoms with Gasteiger partial charge in [-0.2, -0.15) is 0 Å². The molecule has 4 nitrogen and oxygen atoms in total. The standard InChI is InChI=1S/C15H20N2O2S/c1-10-3-5-11(6-4-10)15-16-13-8-7-12(20(2,18)19)9-14(13)17-15/h7-11H,3-6H2,1-2H3,(H,16,17). The molecule has 1 N–H and O–H groups in total. The Balaban J connectivity index is 1.95. The molecule has 1 aromatic carbocycles. The van der Waals surface area contributed by atoms with Crippen LogP contribution in [0.4, 0.5) is 0 Å². The summed E-state index contributed by atoms with van der Waals surface area (Å²) in [7, 11) is -3.16. The van der Waals surface area contributed by atoms with Crippen molar-refractivity contribution in [1.29, 1.82) is 0 Å². The smallest absolute Gasteiger partial charge is 0.175 e. The number of aromatic amines is 1. The predicted molar refractivity (Wildman–Crippen MR) is 79.6 cm³/mol. The monoisotopic (exact) mass is 292 g/mol. The molecule has 0 atom stereocenters. The second-order valence-corrected chi connectivity index (χ2v) is 8.05. The highest BCUT2D eigenvalue weighted by atomic mass is 32.2. The lowest BCUT2D eigenvalue weighted by atomic mass is 9.83. The van der Waals surface area contributed by atoms with E-state index in [2.05, 4.69) is 16.9 Å². The quantitative estimate of drug-likeness (QED) is 0.924. The summed E-state index contributed by atoms with van der Waals surface area (Å²) in [5.41, 5.74) is 1.67. The van der Waals surface area contributed by atoms with Crippen LogP contribution in [0.15, 0.2) is 23.1 Å². The van der Waals surface area contributed by atoms with Crippen LogP contribution in [0, 0.1) is 5.92 Å². The molecule has 0 radical (unpaired) electrons. The number of fused-ring (bicyclic) bond motifs is 1. The Hall–Kier alpha value is -1.36. The molecule has 1 saturated carbocycles. The third-order valence-electron chi connectivity index (χ3n) is 4.30.